The van der Waals surface area contributed by atoms with Gasteiger partial charge in [0.25, 0.3) is 0 Å². The van der Waals surface area contributed by atoms with Crippen molar-refractivity contribution in [1.29, 1.82) is 0 Å². The van der Waals surface area contributed by atoms with E-state index in [2.05, 4.69) is 0 Å². The lowest BCUT2D eigenvalue weighted by Crippen LogP contribution is -1.83. The van der Waals surface area contributed by atoms with Gasteiger partial charge in [-0.25, -0.2) is 0 Å². The zero-order chi connectivity index (χ0) is 9.40. The van der Waals surface area contributed by atoms with Gasteiger partial charge in [-0.2, -0.15) is 0 Å². The lowest BCUT2D eigenvalue weighted by Gasteiger charge is -1.99. The predicted octanol–water partition coefficient (Wildman–Crippen LogP) is 3.46. The second kappa shape index (κ2) is 6.99. The first kappa shape index (κ1) is 11.3. The highest BCUT2D eigenvalue weighted by molar-refractivity contribution is 6.17. The van der Waals surface area contributed by atoms with E-state index in [0.29, 0.717) is 5.88 Å². The molecule has 0 bridgehead atoms. The highest BCUT2D eigenvalue weighted by Crippen LogP contribution is 2.13. The van der Waals surface area contributed by atoms with Gasteiger partial charge in [-0.15, -0.1) is 11.6 Å². The van der Waals surface area contributed by atoms with Gasteiger partial charge >= 0.3 is 0 Å². The number of hydrogen-bond acceptors (Lipinski definition) is 1. The molecule has 68 valence electrons. The average Bonchev–Trinajstić information content (AvgIpc) is 2.21. The van der Waals surface area contributed by atoms with Crippen LogP contribution in [0.15, 0.2) is 24.3 Å². The number of benzene rings is 1. The van der Waals surface area contributed by atoms with Crippen molar-refractivity contribution >= 4 is 11.6 Å². The van der Waals surface area contributed by atoms with Gasteiger partial charge in [0, 0.05) is 5.88 Å². The van der Waals surface area contributed by atoms with Crippen LogP contribution in [0, 0.1) is 0 Å². The van der Waals surface area contributed by atoms with Gasteiger partial charge in [0.1, 0.15) is 5.75 Å². The van der Waals surface area contributed by atoms with Crippen LogP contribution in [0.2, 0.25) is 0 Å². The Morgan fingerprint density at radius 3 is 2.50 bits per heavy atom. The first-order valence-electron chi connectivity index (χ1n) is 4.05. The zero-order valence-corrected chi connectivity index (χ0v) is 8.56. The molecular formula is C10H15ClO. The van der Waals surface area contributed by atoms with E-state index < -0.39 is 0 Å². The fourth-order valence-electron chi connectivity index (χ4n) is 0.756. The zero-order valence-electron chi connectivity index (χ0n) is 7.80. The summed E-state index contributed by atoms with van der Waals surface area (Å²) in [5.74, 6) is 1.40. The van der Waals surface area contributed by atoms with E-state index in [1.165, 1.54) is 0 Å². The molecule has 0 spiro atoms. The minimum absolute atomic E-state index is 0.539. The minimum Gasteiger partial charge on any atom is -0.497 e. The monoisotopic (exact) mass is 186 g/mol. The summed E-state index contributed by atoms with van der Waals surface area (Å²) in [5.41, 5.74) is 1.08. The Balaban J connectivity index is 0.000000561. The van der Waals surface area contributed by atoms with Crippen molar-refractivity contribution in [2.24, 2.45) is 0 Å². The molecule has 1 aromatic rings. The molecule has 1 rings (SSSR count). The maximum absolute atomic E-state index is 5.60. The van der Waals surface area contributed by atoms with Crippen LogP contribution >= 0.6 is 11.6 Å². The smallest absolute Gasteiger partial charge is 0.119 e. The number of rotatable bonds is 2. The van der Waals surface area contributed by atoms with Crippen LogP contribution in [-0.2, 0) is 5.88 Å². The Morgan fingerprint density at radius 1 is 1.33 bits per heavy atom. The second-order valence-corrected chi connectivity index (χ2v) is 2.25. The van der Waals surface area contributed by atoms with Gasteiger partial charge < -0.3 is 4.74 Å². The summed E-state index contributed by atoms with van der Waals surface area (Å²) in [4.78, 5) is 0. The average molecular weight is 187 g/mol. The second-order valence-electron chi connectivity index (χ2n) is 1.99. The molecule has 0 heterocycles. The SMILES string of the molecule is CC.COc1cccc(CCl)c1. The topological polar surface area (TPSA) is 9.23 Å². The normalized spacial score (nSPS) is 8.33. The summed E-state index contributed by atoms with van der Waals surface area (Å²) in [7, 11) is 1.65. The molecule has 0 atom stereocenters. The highest BCUT2D eigenvalue weighted by atomic mass is 35.5. The first-order chi connectivity index (χ1) is 5.86. The molecule has 0 saturated carbocycles. The molecule has 0 saturated heterocycles. The van der Waals surface area contributed by atoms with Crippen molar-refractivity contribution < 1.29 is 4.74 Å². The highest BCUT2D eigenvalue weighted by Gasteiger charge is 1.91. The minimum atomic E-state index is 0.539. The molecule has 0 radical (unpaired) electrons. The van der Waals surface area contributed by atoms with E-state index in [1.54, 1.807) is 7.11 Å². The van der Waals surface area contributed by atoms with Crippen LogP contribution in [0.4, 0.5) is 0 Å². The molecule has 1 aromatic carbocycles. The summed E-state index contributed by atoms with van der Waals surface area (Å²) in [5, 5.41) is 0. The fraction of sp³-hybridized carbons (Fsp3) is 0.400. The van der Waals surface area contributed by atoms with Crippen LogP contribution in [0.1, 0.15) is 19.4 Å². The van der Waals surface area contributed by atoms with E-state index in [-0.39, 0.29) is 0 Å². The molecule has 1 nitrogen and oxygen atoms in total. The Labute approximate surface area is 79.3 Å². The standard InChI is InChI=1S/C8H9ClO.C2H6/c1-10-8-4-2-3-7(5-8)6-9;1-2/h2-5H,6H2,1H3;1-2H3. The third kappa shape index (κ3) is 3.63. The third-order valence-electron chi connectivity index (χ3n) is 1.29. The van der Waals surface area contributed by atoms with E-state index in [0.717, 1.165) is 11.3 Å². The van der Waals surface area contributed by atoms with Crippen LogP contribution < -0.4 is 4.74 Å². The van der Waals surface area contributed by atoms with E-state index in [1.807, 2.05) is 38.1 Å². The predicted molar refractivity (Wildman–Crippen MR) is 53.9 cm³/mol. The van der Waals surface area contributed by atoms with Crippen molar-refractivity contribution in [2.75, 3.05) is 7.11 Å². The molecule has 0 aliphatic carbocycles. The molecule has 12 heavy (non-hydrogen) atoms. The van der Waals surface area contributed by atoms with Crippen molar-refractivity contribution in [1.82, 2.24) is 0 Å². The molecular weight excluding hydrogens is 172 g/mol. The molecule has 2 heteroatoms. The summed E-state index contributed by atoms with van der Waals surface area (Å²) < 4.78 is 5.00. The maximum Gasteiger partial charge on any atom is 0.119 e. The van der Waals surface area contributed by atoms with Crippen molar-refractivity contribution in [3.05, 3.63) is 29.8 Å². The Hall–Kier alpha value is -0.690. The summed E-state index contributed by atoms with van der Waals surface area (Å²) in [6.07, 6.45) is 0. The van der Waals surface area contributed by atoms with Gasteiger partial charge in [-0.05, 0) is 17.7 Å². The Kier molecular flexibility index (Phi) is 6.58. The van der Waals surface area contributed by atoms with Crippen molar-refractivity contribution in [3.8, 4) is 5.75 Å². The fourth-order valence-corrected chi connectivity index (χ4v) is 0.922. The van der Waals surface area contributed by atoms with Crippen LogP contribution in [0.5, 0.6) is 5.75 Å². The van der Waals surface area contributed by atoms with Gasteiger partial charge in [-0.1, -0.05) is 26.0 Å². The Bertz CT molecular complexity index is 191. The lowest BCUT2D eigenvalue weighted by molar-refractivity contribution is 0.414. The maximum atomic E-state index is 5.60. The molecule has 0 aromatic heterocycles. The molecule has 0 aliphatic heterocycles. The first-order valence-corrected chi connectivity index (χ1v) is 4.59. The van der Waals surface area contributed by atoms with Crippen molar-refractivity contribution in [3.63, 3.8) is 0 Å². The van der Waals surface area contributed by atoms with Crippen LogP contribution in [0.25, 0.3) is 0 Å². The summed E-state index contributed by atoms with van der Waals surface area (Å²) >= 11 is 5.60. The van der Waals surface area contributed by atoms with E-state index in [4.69, 9.17) is 16.3 Å². The third-order valence-corrected chi connectivity index (χ3v) is 1.60. The van der Waals surface area contributed by atoms with E-state index >= 15 is 0 Å². The lowest BCUT2D eigenvalue weighted by atomic mass is 10.2. The molecule has 0 fully saturated rings. The van der Waals surface area contributed by atoms with Crippen LogP contribution in [0.3, 0.4) is 0 Å². The molecule has 0 amide bonds. The van der Waals surface area contributed by atoms with Gasteiger partial charge in [-0.3, -0.25) is 0 Å². The number of hydrogen-bond donors (Lipinski definition) is 0. The Morgan fingerprint density at radius 2 is 2.00 bits per heavy atom. The van der Waals surface area contributed by atoms with Gasteiger partial charge in [0.05, 0.1) is 7.11 Å². The molecule has 0 N–H and O–H groups in total. The molecule has 0 aliphatic rings. The number of ether oxygens (including phenoxy) is 1. The summed E-state index contributed by atoms with van der Waals surface area (Å²) in [6, 6.07) is 7.72. The quantitative estimate of drug-likeness (QED) is 0.643. The number of methoxy groups -OCH3 is 1. The largest absolute Gasteiger partial charge is 0.497 e. The number of halogens is 1. The van der Waals surface area contributed by atoms with Crippen molar-refractivity contribution in [2.45, 2.75) is 19.7 Å². The van der Waals surface area contributed by atoms with Gasteiger partial charge in [0.2, 0.25) is 0 Å². The summed E-state index contributed by atoms with van der Waals surface area (Å²) in [6.45, 7) is 4.00. The van der Waals surface area contributed by atoms with Gasteiger partial charge in [0.15, 0.2) is 0 Å². The van der Waals surface area contributed by atoms with E-state index in [9.17, 15) is 0 Å². The van der Waals surface area contributed by atoms with Crippen LogP contribution in [-0.4, -0.2) is 7.11 Å². The number of alkyl halides is 1. The molecule has 0 unspecified atom stereocenters.